The quantitative estimate of drug-likeness (QED) is 0.141. The number of methoxy groups -OCH3 is 1. The van der Waals surface area contributed by atoms with E-state index >= 15 is 0 Å². The minimum Gasteiger partial charge on any atom is -0.493 e. The van der Waals surface area contributed by atoms with Crippen LogP contribution in [0.4, 0.5) is 5.69 Å². The molecule has 1 N–H and O–H groups in total. The van der Waals surface area contributed by atoms with Gasteiger partial charge < -0.3 is 9.47 Å². The lowest BCUT2D eigenvalue weighted by Gasteiger charge is -2.10. The third-order valence-electron chi connectivity index (χ3n) is 4.91. The number of hydrogen-bond donors (Lipinski definition) is 1. The van der Waals surface area contributed by atoms with Crippen molar-refractivity contribution in [1.29, 1.82) is 0 Å². The first-order valence-corrected chi connectivity index (χ1v) is 10.3. The third kappa shape index (κ3) is 5.45. The van der Waals surface area contributed by atoms with Gasteiger partial charge in [0.25, 0.3) is 11.6 Å². The zero-order valence-corrected chi connectivity index (χ0v) is 18.4. The number of pyridine rings is 1. The number of carbonyl (C=O) groups excluding carboxylic acids is 2. The predicted octanol–water partition coefficient (Wildman–Crippen LogP) is 4.13. The van der Waals surface area contributed by atoms with E-state index in [0.29, 0.717) is 11.1 Å². The van der Waals surface area contributed by atoms with E-state index < -0.39 is 16.8 Å². The molecule has 4 aromatic rings. The Labute approximate surface area is 199 Å². The van der Waals surface area contributed by atoms with E-state index in [1.54, 1.807) is 18.2 Å². The van der Waals surface area contributed by atoms with E-state index in [0.717, 1.165) is 5.39 Å². The second kappa shape index (κ2) is 10.2. The van der Waals surface area contributed by atoms with Crippen molar-refractivity contribution in [2.24, 2.45) is 5.10 Å². The minimum absolute atomic E-state index is 0.133. The normalized spacial score (nSPS) is 10.8. The predicted molar refractivity (Wildman–Crippen MR) is 128 cm³/mol. The van der Waals surface area contributed by atoms with E-state index in [4.69, 9.17) is 9.47 Å². The number of non-ortho nitro benzene ring substituents is 1. The topological polar surface area (TPSA) is 133 Å². The molecule has 10 nitrogen and oxygen atoms in total. The highest BCUT2D eigenvalue weighted by molar-refractivity contribution is 5.95. The van der Waals surface area contributed by atoms with Crippen LogP contribution in [0.25, 0.3) is 10.9 Å². The van der Waals surface area contributed by atoms with Gasteiger partial charge in [-0.15, -0.1) is 0 Å². The summed E-state index contributed by atoms with van der Waals surface area (Å²) in [5, 5.41) is 15.6. The molecule has 0 aliphatic rings. The number of amides is 1. The Morgan fingerprint density at radius 1 is 1.00 bits per heavy atom. The molecule has 10 heteroatoms. The average molecular weight is 470 g/mol. The highest BCUT2D eigenvalue weighted by Gasteiger charge is 2.15. The van der Waals surface area contributed by atoms with Crippen LogP contribution < -0.4 is 14.9 Å². The van der Waals surface area contributed by atoms with Crippen LogP contribution in [0.1, 0.15) is 26.4 Å². The number of rotatable bonds is 7. The Hall–Kier alpha value is -5.12. The number of benzene rings is 3. The molecule has 1 heterocycles. The van der Waals surface area contributed by atoms with E-state index in [-0.39, 0.29) is 28.4 Å². The van der Waals surface area contributed by atoms with Crippen molar-refractivity contribution in [3.63, 3.8) is 0 Å². The Morgan fingerprint density at radius 3 is 2.51 bits per heavy atom. The molecule has 0 saturated heterocycles. The number of aromatic nitrogens is 1. The van der Waals surface area contributed by atoms with Crippen LogP contribution in [0.15, 0.2) is 84.0 Å². The molecule has 1 aromatic heterocycles. The summed E-state index contributed by atoms with van der Waals surface area (Å²) in [6.45, 7) is 0. The zero-order valence-electron chi connectivity index (χ0n) is 18.4. The smallest absolute Gasteiger partial charge is 0.343 e. The SMILES string of the molecule is COc1cc(C=NNC(=O)c2ccc3ccccc3n2)ccc1OC(=O)c1ccc([N+](=O)[O-])cc1. The number of esters is 1. The van der Waals surface area contributed by atoms with Crippen LogP contribution in [0.2, 0.25) is 0 Å². The van der Waals surface area contributed by atoms with Crippen LogP contribution in [0.5, 0.6) is 11.5 Å². The maximum Gasteiger partial charge on any atom is 0.343 e. The molecule has 0 fully saturated rings. The molecule has 0 atom stereocenters. The van der Waals surface area contributed by atoms with Gasteiger partial charge in [0.05, 0.1) is 29.3 Å². The van der Waals surface area contributed by atoms with Crippen LogP contribution in [-0.2, 0) is 0 Å². The molecule has 0 unspecified atom stereocenters. The van der Waals surface area contributed by atoms with Crippen molar-refractivity contribution in [2.45, 2.75) is 0 Å². The van der Waals surface area contributed by atoms with Crippen LogP contribution in [-0.4, -0.2) is 35.1 Å². The number of nitro benzene ring substituents is 1. The summed E-state index contributed by atoms with van der Waals surface area (Å²) in [7, 11) is 1.41. The summed E-state index contributed by atoms with van der Waals surface area (Å²) in [6.07, 6.45) is 1.41. The van der Waals surface area contributed by atoms with Gasteiger partial charge in [0.2, 0.25) is 0 Å². The molecular weight excluding hydrogens is 452 g/mol. The highest BCUT2D eigenvalue weighted by Crippen LogP contribution is 2.28. The van der Waals surface area contributed by atoms with E-state index in [1.165, 1.54) is 43.7 Å². The Bertz CT molecular complexity index is 1450. The van der Waals surface area contributed by atoms with Crippen molar-refractivity contribution in [3.8, 4) is 11.5 Å². The molecule has 0 bridgehead atoms. The highest BCUT2D eigenvalue weighted by atomic mass is 16.6. The van der Waals surface area contributed by atoms with E-state index in [9.17, 15) is 19.7 Å². The van der Waals surface area contributed by atoms with Gasteiger partial charge >= 0.3 is 5.97 Å². The number of fused-ring (bicyclic) bond motifs is 1. The molecule has 35 heavy (non-hydrogen) atoms. The summed E-state index contributed by atoms with van der Waals surface area (Å²) in [5.41, 5.74) is 3.94. The maximum atomic E-state index is 12.4. The number of hydrogen-bond acceptors (Lipinski definition) is 8. The fourth-order valence-electron chi connectivity index (χ4n) is 3.14. The number of ether oxygens (including phenoxy) is 2. The second-order valence-electron chi connectivity index (χ2n) is 7.19. The van der Waals surface area contributed by atoms with Crippen LogP contribution in [0.3, 0.4) is 0 Å². The Morgan fingerprint density at radius 2 is 1.77 bits per heavy atom. The lowest BCUT2D eigenvalue weighted by molar-refractivity contribution is -0.384. The number of hydrazone groups is 1. The van der Waals surface area contributed by atoms with Gasteiger partial charge in [0.15, 0.2) is 11.5 Å². The maximum absolute atomic E-state index is 12.4. The van der Waals surface area contributed by atoms with Crippen molar-refractivity contribution in [2.75, 3.05) is 7.11 Å². The molecule has 0 saturated carbocycles. The monoisotopic (exact) mass is 470 g/mol. The summed E-state index contributed by atoms with van der Waals surface area (Å²) in [5.74, 6) is -0.758. The van der Waals surface area contributed by atoms with Gasteiger partial charge in [0, 0.05) is 17.5 Å². The summed E-state index contributed by atoms with van der Waals surface area (Å²) < 4.78 is 10.6. The Balaban J connectivity index is 1.42. The van der Waals surface area contributed by atoms with Crippen molar-refractivity contribution >= 4 is 34.7 Å². The number of nitrogens with one attached hydrogen (secondary N) is 1. The van der Waals surface area contributed by atoms with Gasteiger partial charge in [0.1, 0.15) is 5.69 Å². The van der Waals surface area contributed by atoms with Gasteiger partial charge in [-0.05, 0) is 48.0 Å². The first kappa shape index (κ1) is 23.1. The molecule has 174 valence electrons. The number of carbonyl (C=O) groups is 2. The van der Waals surface area contributed by atoms with Crippen LogP contribution >= 0.6 is 0 Å². The lowest BCUT2D eigenvalue weighted by atomic mass is 10.2. The third-order valence-corrected chi connectivity index (χ3v) is 4.91. The standard InChI is InChI=1S/C25H18N4O6/c1-34-23-14-16(6-13-22(23)35-25(31)18-7-10-19(11-8-18)29(32)33)15-26-28-24(30)21-12-9-17-4-2-3-5-20(17)27-21/h2-15H,1H3,(H,28,30). The Kier molecular flexibility index (Phi) is 6.73. The van der Waals surface area contributed by atoms with Crippen LogP contribution in [0, 0.1) is 10.1 Å². The fraction of sp³-hybridized carbons (Fsp3) is 0.0400. The van der Waals surface area contributed by atoms with Gasteiger partial charge in [-0.2, -0.15) is 5.10 Å². The first-order chi connectivity index (χ1) is 16.9. The zero-order chi connectivity index (χ0) is 24.8. The van der Waals surface area contributed by atoms with E-state index in [1.807, 2.05) is 30.3 Å². The fourth-order valence-corrected chi connectivity index (χ4v) is 3.14. The van der Waals surface area contributed by atoms with Gasteiger partial charge in [-0.25, -0.2) is 15.2 Å². The van der Waals surface area contributed by atoms with Gasteiger partial charge in [-0.3, -0.25) is 14.9 Å². The largest absolute Gasteiger partial charge is 0.493 e. The van der Waals surface area contributed by atoms with Crippen molar-refractivity contribution in [1.82, 2.24) is 10.4 Å². The number of para-hydroxylation sites is 1. The molecule has 0 aliphatic heterocycles. The van der Waals surface area contributed by atoms with Gasteiger partial charge in [-0.1, -0.05) is 24.3 Å². The summed E-state index contributed by atoms with van der Waals surface area (Å²) in [6, 6.07) is 20.6. The first-order valence-electron chi connectivity index (χ1n) is 10.3. The van der Waals surface area contributed by atoms with Crippen molar-refractivity contribution < 1.29 is 24.0 Å². The molecular formula is C25H18N4O6. The molecule has 0 radical (unpaired) electrons. The molecule has 4 rings (SSSR count). The number of nitrogens with zero attached hydrogens (tertiary/aromatic N) is 3. The lowest BCUT2D eigenvalue weighted by Crippen LogP contribution is -2.18. The molecule has 1 amide bonds. The minimum atomic E-state index is -0.699. The average Bonchev–Trinajstić information content (AvgIpc) is 2.89. The molecule has 0 spiro atoms. The van der Waals surface area contributed by atoms with E-state index in [2.05, 4.69) is 15.5 Å². The second-order valence-corrected chi connectivity index (χ2v) is 7.19. The van der Waals surface area contributed by atoms with Crippen molar-refractivity contribution in [3.05, 3.63) is 106 Å². The summed E-state index contributed by atoms with van der Waals surface area (Å²) >= 11 is 0. The summed E-state index contributed by atoms with van der Waals surface area (Å²) in [4.78, 5) is 39.3. The number of nitro groups is 1. The molecule has 3 aromatic carbocycles. The molecule has 0 aliphatic carbocycles.